The summed E-state index contributed by atoms with van der Waals surface area (Å²) < 4.78 is 0.942. The van der Waals surface area contributed by atoms with Crippen molar-refractivity contribution in [3.05, 3.63) is 69.2 Å². The molecule has 27 heavy (non-hydrogen) atoms. The Hall–Kier alpha value is -1.73. The van der Waals surface area contributed by atoms with Crippen LogP contribution in [-0.2, 0) is 11.3 Å². The van der Waals surface area contributed by atoms with Gasteiger partial charge in [0.2, 0.25) is 0 Å². The molecule has 1 aliphatic rings. The van der Waals surface area contributed by atoms with Crippen LogP contribution >= 0.6 is 27.5 Å². The highest BCUT2D eigenvalue weighted by atomic mass is 79.9. The van der Waals surface area contributed by atoms with E-state index in [-0.39, 0.29) is 5.91 Å². The molecule has 0 atom stereocenters. The van der Waals surface area contributed by atoms with E-state index >= 15 is 0 Å². The second-order valence-electron chi connectivity index (χ2n) is 6.46. The van der Waals surface area contributed by atoms with E-state index in [0.29, 0.717) is 6.54 Å². The maximum Gasteiger partial charge on any atom is 0.254 e. The van der Waals surface area contributed by atoms with Crippen molar-refractivity contribution in [2.75, 3.05) is 32.7 Å². The van der Waals surface area contributed by atoms with E-state index in [9.17, 15) is 4.79 Å². The van der Waals surface area contributed by atoms with Crippen molar-refractivity contribution >= 4 is 39.7 Å². The van der Waals surface area contributed by atoms with E-state index in [2.05, 4.69) is 42.3 Å². The van der Waals surface area contributed by atoms with Crippen molar-refractivity contribution < 1.29 is 4.79 Å². The van der Waals surface area contributed by atoms with Gasteiger partial charge >= 0.3 is 0 Å². The van der Waals surface area contributed by atoms with Crippen LogP contribution in [0.3, 0.4) is 0 Å². The van der Waals surface area contributed by atoms with E-state index in [1.54, 1.807) is 6.21 Å². The van der Waals surface area contributed by atoms with E-state index in [1.807, 2.05) is 42.5 Å². The molecule has 0 spiro atoms. The fourth-order valence-electron chi connectivity index (χ4n) is 2.97. The van der Waals surface area contributed by atoms with Crippen molar-refractivity contribution in [3.8, 4) is 0 Å². The molecule has 5 nitrogen and oxygen atoms in total. The number of carbonyl (C=O) groups excluding carboxylic acids is 1. The number of halogens is 2. The summed E-state index contributed by atoms with van der Waals surface area (Å²) in [5.41, 5.74) is 4.67. The molecule has 7 heteroatoms. The van der Waals surface area contributed by atoms with Crippen LogP contribution in [-0.4, -0.2) is 54.6 Å². The number of amides is 1. The molecule has 0 aromatic heterocycles. The van der Waals surface area contributed by atoms with Crippen LogP contribution < -0.4 is 5.43 Å². The molecule has 1 fully saturated rings. The normalized spacial score (nSPS) is 15.9. The van der Waals surface area contributed by atoms with Crippen LogP contribution in [0.1, 0.15) is 11.1 Å². The zero-order valence-electron chi connectivity index (χ0n) is 14.9. The maximum absolute atomic E-state index is 12.1. The summed E-state index contributed by atoms with van der Waals surface area (Å²) in [6, 6.07) is 15.7. The van der Waals surface area contributed by atoms with Crippen molar-refractivity contribution in [3.63, 3.8) is 0 Å². The van der Waals surface area contributed by atoms with Crippen LogP contribution in [0.2, 0.25) is 5.02 Å². The summed E-state index contributed by atoms with van der Waals surface area (Å²) in [7, 11) is 0. The molecule has 0 radical (unpaired) electrons. The second-order valence-corrected chi connectivity index (χ2v) is 7.72. The third kappa shape index (κ3) is 6.14. The Kier molecular flexibility index (Phi) is 7.41. The van der Waals surface area contributed by atoms with E-state index in [1.165, 1.54) is 0 Å². The maximum atomic E-state index is 12.1. The molecule has 2 aromatic carbocycles. The minimum Gasteiger partial charge on any atom is -0.296 e. The van der Waals surface area contributed by atoms with Crippen LogP contribution in [0.5, 0.6) is 0 Å². The Balaban J connectivity index is 1.40. The summed E-state index contributed by atoms with van der Waals surface area (Å²) in [6.07, 6.45) is 1.64. The highest BCUT2D eigenvalue weighted by Gasteiger charge is 2.19. The molecule has 1 heterocycles. The van der Waals surface area contributed by atoms with E-state index in [0.717, 1.165) is 53.3 Å². The van der Waals surface area contributed by atoms with Crippen molar-refractivity contribution in [2.24, 2.45) is 5.10 Å². The van der Waals surface area contributed by atoms with Crippen LogP contribution in [0.15, 0.2) is 58.1 Å². The molecular weight excluding hydrogens is 428 g/mol. The lowest BCUT2D eigenvalue weighted by Gasteiger charge is -2.34. The van der Waals surface area contributed by atoms with Gasteiger partial charge in [0.05, 0.1) is 12.8 Å². The number of hydrogen-bond acceptors (Lipinski definition) is 4. The van der Waals surface area contributed by atoms with Crippen molar-refractivity contribution in [1.29, 1.82) is 0 Å². The smallest absolute Gasteiger partial charge is 0.254 e. The number of nitrogens with zero attached hydrogens (tertiary/aromatic N) is 3. The number of hydrazone groups is 1. The molecule has 0 aliphatic carbocycles. The third-order valence-electron chi connectivity index (χ3n) is 4.48. The summed E-state index contributed by atoms with van der Waals surface area (Å²) in [5.74, 6) is -0.0992. The predicted molar refractivity (Wildman–Crippen MR) is 113 cm³/mol. The topological polar surface area (TPSA) is 47.9 Å². The van der Waals surface area contributed by atoms with Gasteiger partial charge in [-0.2, -0.15) is 5.10 Å². The fourth-order valence-corrected chi connectivity index (χ4v) is 3.55. The molecule has 1 amide bonds. The molecule has 0 unspecified atom stereocenters. The lowest BCUT2D eigenvalue weighted by atomic mass is 10.2. The number of carbonyl (C=O) groups is 1. The molecule has 1 N–H and O–H groups in total. The second kappa shape index (κ2) is 9.99. The van der Waals surface area contributed by atoms with E-state index < -0.39 is 0 Å². The molecule has 2 aromatic rings. The Morgan fingerprint density at radius 3 is 2.48 bits per heavy atom. The molecule has 142 valence electrons. The lowest BCUT2D eigenvalue weighted by molar-refractivity contribution is -0.122. The Morgan fingerprint density at radius 2 is 1.74 bits per heavy atom. The van der Waals surface area contributed by atoms with Gasteiger partial charge in [-0.15, -0.1) is 0 Å². The number of nitrogens with one attached hydrogen (secondary N) is 1. The van der Waals surface area contributed by atoms with Gasteiger partial charge in [0.15, 0.2) is 0 Å². The first-order valence-corrected chi connectivity index (χ1v) is 10.0. The standard InChI is InChI=1S/C20H22BrClN4O/c21-18-7-3-1-5-16(18)13-23-24-20(27)15-26-11-9-25(10-12-26)14-17-6-2-4-8-19(17)22/h1-8,13H,9-12,14-15H2,(H,24,27)/b23-13-. The summed E-state index contributed by atoms with van der Waals surface area (Å²) in [5, 5.41) is 4.85. The average molecular weight is 450 g/mol. The minimum absolute atomic E-state index is 0.0992. The van der Waals surface area contributed by atoms with E-state index in [4.69, 9.17) is 11.6 Å². The average Bonchev–Trinajstić information content (AvgIpc) is 2.67. The number of rotatable bonds is 6. The lowest BCUT2D eigenvalue weighted by Crippen LogP contribution is -2.48. The largest absolute Gasteiger partial charge is 0.296 e. The van der Waals surface area contributed by atoms with Gasteiger partial charge in [0, 0.05) is 47.8 Å². The molecule has 3 rings (SSSR count). The fraction of sp³-hybridized carbons (Fsp3) is 0.300. The van der Waals surface area contributed by atoms with Crippen molar-refractivity contribution in [2.45, 2.75) is 6.54 Å². The summed E-state index contributed by atoms with van der Waals surface area (Å²) in [6.45, 7) is 4.73. The SMILES string of the molecule is O=C(CN1CCN(Cc2ccccc2Cl)CC1)N/N=C\c1ccccc1Br. The van der Waals surface area contributed by atoms with Gasteiger partial charge in [0.1, 0.15) is 0 Å². The van der Waals surface area contributed by atoms with Gasteiger partial charge in [-0.3, -0.25) is 14.6 Å². The quantitative estimate of drug-likeness (QED) is 0.543. The van der Waals surface area contributed by atoms with Gasteiger partial charge in [-0.05, 0) is 17.7 Å². The number of hydrogen-bond donors (Lipinski definition) is 1. The number of benzene rings is 2. The zero-order chi connectivity index (χ0) is 19.1. The monoisotopic (exact) mass is 448 g/mol. The molecule has 1 saturated heterocycles. The number of piperazine rings is 1. The van der Waals surface area contributed by atoms with Crippen LogP contribution in [0, 0.1) is 0 Å². The minimum atomic E-state index is -0.0992. The van der Waals surface area contributed by atoms with Gasteiger partial charge in [-0.25, -0.2) is 5.43 Å². The van der Waals surface area contributed by atoms with Crippen LogP contribution in [0.4, 0.5) is 0 Å². The first-order chi connectivity index (χ1) is 13.1. The first-order valence-electron chi connectivity index (χ1n) is 8.86. The Morgan fingerprint density at radius 1 is 1.07 bits per heavy atom. The predicted octanol–water partition coefficient (Wildman–Crippen LogP) is 3.37. The van der Waals surface area contributed by atoms with Gasteiger partial charge in [-0.1, -0.05) is 63.9 Å². The third-order valence-corrected chi connectivity index (χ3v) is 5.57. The Bertz CT molecular complexity index is 806. The summed E-state index contributed by atoms with van der Waals surface area (Å²) in [4.78, 5) is 16.6. The first kappa shape index (κ1) is 20.0. The summed E-state index contributed by atoms with van der Waals surface area (Å²) >= 11 is 9.69. The van der Waals surface area contributed by atoms with Gasteiger partial charge < -0.3 is 0 Å². The van der Waals surface area contributed by atoms with Crippen LogP contribution in [0.25, 0.3) is 0 Å². The highest BCUT2D eigenvalue weighted by molar-refractivity contribution is 9.10. The van der Waals surface area contributed by atoms with Crippen molar-refractivity contribution in [1.82, 2.24) is 15.2 Å². The Labute approximate surface area is 173 Å². The molecule has 0 saturated carbocycles. The highest BCUT2D eigenvalue weighted by Crippen LogP contribution is 2.18. The molecule has 0 bridgehead atoms. The zero-order valence-corrected chi connectivity index (χ0v) is 17.3. The molecule has 1 aliphatic heterocycles. The van der Waals surface area contributed by atoms with Gasteiger partial charge in [0.25, 0.3) is 5.91 Å². The molecular formula is C20H22BrClN4O.